The molecule has 0 bridgehead atoms. The van der Waals surface area contributed by atoms with Gasteiger partial charge in [-0.3, -0.25) is 0 Å². The van der Waals surface area contributed by atoms with Gasteiger partial charge in [-0.25, -0.2) is 4.79 Å². The first-order chi connectivity index (χ1) is 10.8. The van der Waals surface area contributed by atoms with Crippen LogP contribution in [0.4, 0.5) is 4.79 Å². The van der Waals surface area contributed by atoms with E-state index in [2.05, 4.69) is 15.9 Å². The van der Waals surface area contributed by atoms with Crippen LogP contribution in [0.3, 0.4) is 0 Å². The second-order valence-corrected chi connectivity index (χ2v) is 7.30. The summed E-state index contributed by atoms with van der Waals surface area (Å²) in [4.78, 5) is 13.8. The first-order valence-electron chi connectivity index (χ1n) is 8.06. The monoisotopic (exact) mass is 395 g/mol. The molecule has 0 saturated carbocycles. The zero-order valence-electron chi connectivity index (χ0n) is 14.7. The second kappa shape index (κ2) is 9.81. The highest BCUT2D eigenvalue weighted by atomic mass is 79.9. The molecule has 0 radical (unpaired) electrons. The topological polar surface area (TPSA) is 57.2 Å². The number of alkyl halides is 1. The fraction of sp³-hybridized carbons (Fsp3) is 0.938. The number of rotatable bonds is 8. The molecule has 0 spiro atoms. The highest BCUT2D eigenvalue weighted by Crippen LogP contribution is 2.29. The fourth-order valence-electron chi connectivity index (χ4n) is 2.30. The SMILES string of the molecule is COCCOCCOC1(CBr)CCN(C(=O)OC(C)(C)C)CC1. The zero-order valence-corrected chi connectivity index (χ0v) is 16.3. The predicted octanol–water partition coefficient (Wildman–Crippen LogP) is 2.83. The number of ether oxygens (including phenoxy) is 4. The third-order valence-electron chi connectivity index (χ3n) is 3.64. The lowest BCUT2D eigenvalue weighted by Crippen LogP contribution is -2.50. The molecule has 7 heteroatoms. The van der Waals surface area contributed by atoms with Gasteiger partial charge in [-0.2, -0.15) is 0 Å². The van der Waals surface area contributed by atoms with Crippen molar-refractivity contribution in [3.05, 3.63) is 0 Å². The minimum Gasteiger partial charge on any atom is -0.444 e. The number of likely N-dealkylation sites (tertiary alicyclic amines) is 1. The number of hydrogen-bond donors (Lipinski definition) is 0. The van der Waals surface area contributed by atoms with Gasteiger partial charge < -0.3 is 23.8 Å². The minimum atomic E-state index is -0.461. The fourth-order valence-corrected chi connectivity index (χ4v) is 3.02. The molecule has 1 amide bonds. The van der Waals surface area contributed by atoms with Crippen LogP contribution in [-0.4, -0.2) is 74.2 Å². The maximum absolute atomic E-state index is 12.1. The number of halogens is 1. The highest BCUT2D eigenvalue weighted by molar-refractivity contribution is 9.09. The maximum atomic E-state index is 12.1. The number of amides is 1. The van der Waals surface area contributed by atoms with Crippen molar-refractivity contribution >= 4 is 22.0 Å². The van der Waals surface area contributed by atoms with Crippen molar-refractivity contribution in [3.8, 4) is 0 Å². The molecule has 136 valence electrons. The van der Waals surface area contributed by atoms with E-state index in [0.717, 1.165) is 18.2 Å². The molecule has 1 aliphatic heterocycles. The van der Waals surface area contributed by atoms with Crippen LogP contribution in [0.5, 0.6) is 0 Å². The molecule has 0 aromatic carbocycles. The van der Waals surface area contributed by atoms with E-state index < -0.39 is 5.60 Å². The molecule has 1 heterocycles. The zero-order chi connectivity index (χ0) is 17.3. The smallest absolute Gasteiger partial charge is 0.410 e. The Bertz CT molecular complexity index is 351. The summed E-state index contributed by atoms with van der Waals surface area (Å²) in [6, 6.07) is 0. The molecular weight excluding hydrogens is 366 g/mol. The Labute approximate surface area is 147 Å². The molecule has 1 saturated heterocycles. The van der Waals surface area contributed by atoms with E-state index in [1.54, 1.807) is 12.0 Å². The molecule has 0 aromatic heterocycles. The molecule has 0 aromatic rings. The Morgan fingerprint density at radius 1 is 1.13 bits per heavy atom. The molecule has 0 atom stereocenters. The Kier molecular flexibility index (Phi) is 8.82. The molecule has 23 heavy (non-hydrogen) atoms. The highest BCUT2D eigenvalue weighted by Gasteiger charge is 2.37. The Balaban J connectivity index is 2.33. The van der Waals surface area contributed by atoms with Gasteiger partial charge >= 0.3 is 6.09 Å². The normalized spacial score (nSPS) is 18.0. The van der Waals surface area contributed by atoms with Crippen LogP contribution in [0.25, 0.3) is 0 Å². The van der Waals surface area contributed by atoms with Crippen LogP contribution >= 0.6 is 15.9 Å². The number of carbonyl (C=O) groups excluding carboxylic acids is 1. The first kappa shape index (κ1) is 20.7. The molecule has 0 unspecified atom stereocenters. The second-order valence-electron chi connectivity index (χ2n) is 6.74. The van der Waals surface area contributed by atoms with Crippen molar-refractivity contribution < 1.29 is 23.7 Å². The lowest BCUT2D eigenvalue weighted by atomic mass is 9.93. The van der Waals surface area contributed by atoms with E-state index in [1.807, 2.05) is 20.8 Å². The predicted molar refractivity (Wildman–Crippen MR) is 92.2 cm³/mol. The minimum absolute atomic E-state index is 0.233. The van der Waals surface area contributed by atoms with Crippen molar-refractivity contribution in [2.24, 2.45) is 0 Å². The molecule has 6 nitrogen and oxygen atoms in total. The van der Waals surface area contributed by atoms with Crippen molar-refractivity contribution in [2.75, 3.05) is 52.0 Å². The van der Waals surface area contributed by atoms with E-state index in [9.17, 15) is 4.79 Å². The van der Waals surface area contributed by atoms with Gasteiger partial charge in [0.15, 0.2) is 0 Å². The number of nitrogens with zero attached hydrogens (tertiary/aromatic N) is 1. The van der Waals surface area contributed by atoms with Gasteiger partial charge in [0.25, 0.3) is 0 Å². The summed E-state index contributed by atoms with van der Waals surface area (Å²) in [5.74, 6) is 0. The number of carbonyl (C=O) groups is 1. The van der Waals surface area contributed by atoms with Crippen molar-refractivity contribution in [1.29, 1.82) is 0 Å². The van der Waals surface area contributed by atoms with Crippen LogP contribution in [0, 0.1) is 0 Å². The van der Waals surface area contributed by atoms with Gasteiger partial charge in [-0.1, -0.05) is 15.9 Å². The van der Waals surface area contributed by atoms with E-state index >= 15 is 0 Å². The van der Waals surface area contributed by atoms with Crippen LogP contribution < -0.4 is 0 Å². The van der Waals surface area contributed by atoms with Gasteiger partial charge in [0, 0.05) is 25.5 Å². The van der Waals surface area contributed by atoms with Gasteiger partial charge in [-0.15, -0.1) is 0 Å². The summed E-state index contributed by atoms with van der Waals surface area (Å²) in [7, 11) is 1.65. The standard InChI is InChI=1S/C16H30BrNO5/c1-15(2,3)23-14(19)18-7-5-16(13-17,6-8-18)22-12-11-21-10-9-20-4/h5-13H2,1-4H3. The van der Waals surface area contributed by atoms with Gasteiger partial charge in [0.05, 0.1) is 32.0 Å². The summed E-state index contributed by atoms with van der Waals surface area (Å²) in [6.07, 6.45) is 1.33. The quantitative estimate of drug-likeness (QED) is 0.467. The van der Waals surface area contributed by atoms with E-state index in [-0.39, 0.29) is 11.7 Å². The van der Waals surface area contributed by atoms with Gasteiger partial charge in [0.1, 0.15) is 5.60 Å². The molecule has 0 N–H and O–H groups in total. The molecule has 1 rings (SSSR count). The van der Waals surface area contributed by atoms with Crippen LogP contribution in [0.15, 0.2) is 0 Å². The summed E-state index contributed by atoms with van der Waals surface area (Å²) >= 11 is 3.55. The molecule has 0 aliphatic carbocycles. The Morgan fingerprint density at radius 2 is 1.74 bits per heavy atom. The van der Waals surface area contributed by atoms with E-state index in [0.29, 0.717) is 39.5 Å². The lowest BCUT2D eigenvalue weighted by molar-refractivity contribution is -0.0861. The van der Waals surface area contributed by atoms with Crippen LogP contribution in [-0.2, 0) is 18.9 Å². The number of methoxy groups -OCH3 is 1. The molecule has 1 aliphatic rings. The average Bonchev–Trinajstić information content (AvgIpc) is 2.49. The molecule has 1 fully saturated rings. The van der Waals surface area contributed by atoms with Crippen molar-refractivity contribution in [3.63, 3.8) is 0 Å². The number of piperidine rings is 1. The number of hydrogen-bond acceptors (Lipinski definition) is 5. The third-order valence-corrected chi connectivity index (χ3v) is 4.66. The van der Waals surface area contributed by atoms with Crippen LogP contribution in [0.2, 0.25) is 0 Å². The van der Waals surface area contributed by atoms with E-state index in [1.165, 1.54) is 0 Å². The maximum Gasteiger partial charge on any atom is 0.410 e. The third kappa shape index (κ3) is 7.83. The van der Waals surface area contributed by atoms with Crippen LogP contribution in [0.1, 0.15) is 33.6 Å². The Hall–Kier alpha value is -0.370. The van der Waals surface area contributed by atoms with Crippen molar-refractivity contribution in [2.45, 2.75) is 44.8 Å². The molecular formula is C16H30BrNO5. The average molecular weight is 396 g/mol. The summed E-state index contributed by atoms with van der Waals surface area (Å²) < 4.78 is 21.8. The summed E-state index contributed by atoms with van der Waals surface area (Å²) in [5.41, 5.74) is -0.694. The summed E-state index contributed by atoms with van der Waals surface area (Å²) in [5, 5.41) is 0.750. The van der Waals surface area contributed by atoms with E-state index in [4.69, 9.17) is 18.9 Å². The van der Waals surface area contributed by atoms with Crippen molar-refractivity contribution in [1.82, 2.24) is 4.90 Å². The lowest BCUT2D eigenvalue weighted by Gasteiger charge is -2.40. The summed E-state index contributed by atoms with van der Waals surface area (Å²) in [6.45, 7) is 9.19. The first-order valence-corrected chi connectivity index (χ1v) is 9.18. The Morgan fingerprint density at radius 3 is 2.26 bits per heavy atom. The van der Waals surface area contributed by atoms with Gasteiger partial charge in [0.2, 0.25) is 0 Å². The largest absolute Gasteiger partial charge is 0.444 e. The van der Waals surface area contributed by atoms with Gasteiger partial charge in [-0.05, 0) is 33.6 Å².